The number of ketones is 1. The first-order chi connectivity index (χ1) is 11.7. The lowest BCUT2D eigenvalue weighted by Crippen LogP contribution is -2.33. The number of hydrogen-bond acceptors (Lipinski definition) is 5. The SMILES string of the molecule is CSC1(C2CCCCCC2)CC(C=CB(O)O)C(C(=O)C(C)(C)C)S1. The Hall–Kier alpha value is 0.0949. The number of carbonyl (C=O) groups excluding carboxylic acids is 1. The van der Waals surface area contributed by atoms with Crippen LogP contribution >= 0.6 is 23.5 Å². The lowest BCUT2D eigenvalue weighted by Gasteiger charge is -2.35. The van der Waals surface area contributed by atoms with Crippen molar-refractivity contribution >= 4 is 36.4 Å². The lowest BCUT2D eigenvalue weighted by molar-refractivity contribution is -0.126. The molecule has 1 saturated heterocycles. The highest BCUT2D eigenvalue weighted by Gasteiger charge is 2.52. The van der Waals surface area contributed by atoms with Gasteiger partial charge in [-0.25, -0.2) is 0 Å². The third kappa shape index (κ3) is 5.30. The first-order valence-electron chi connectivity index (χ1n) is 9.51. The summed E-state index contributed by atoms with van der Waals surface area (Å²) in [4.78, 5) is 13.1. The van der Waals surface area contributed by atoms with Gasteiger partial charge in [0.2, 0.25) is 0 Å². The molecule has 6 heteroatoms. The predicted molar refractivity (Wildman–Crippen MR) is 111 cm³/mol. The van der Waals surface area contributed by atoms with Crippen molar-refractivity contribution in [3.63, 3.8) is 0 Å². The second kappa shape index (κ2) is 8.86. The zero-order valence-corrected chi connectivity index (χ0v) is 17.7. The second-order valence-corrected chi connectivity index (χ2v) is 11.4. The van der Waals surface area contributed by atoms with Gasteiger partial charge >= 0.3 is 7.12 Å². The third-order valence-corrected chi connectivity index (χ3v) is 9.28. The van der Waals surface area contributed by atoms with Gasteiger partial charge < -0.3 is 10.0 Å². The number of carbonyl (C=O) groups is 1. The Labute approximate surface area is 161 Å². The molecule has 0 radical (unpaired) electrons. The summed E-state index contributed by atoms with van der Waals surface area (Å²) in [6, 6.07) is 0. The van der Waals surface area contributed by atoms with Crippen LogP contribution in [0.15, 0.2) is 12.1 Å². The number of Topliss-reactive ketones (excluding diaryl/α,β-unsaturated/α-hetero) is 1. The van der Waals surface area contributed by atoms with E-state index in [4.69, 9.17) is 0 Å². The van der Waals surface area contributed by atoms with Crippen LogP contribution in [-0.2, 0) is 4.79 Å². The number of rotatable bonds is 5. The summed E-state index contributed by atoms with van der Waals surface area (Å²) >= 11 is 3.78. The van der Waals surface area contributed by atoms with E-state index in [1.165, 1.54) is 44.5 Å². The van der Waals surface area contributed by atoms with Gasteiger partial charge in [0, 0.05) is 5.41 Å². The van der Waals surface area contributed by atoms with E-state index in [1.54, 1.807) is 0 Å². The van der Waals surface area contributed by atoms with E-state index in [9.17, 15) is 14.8 Å². The van der Waals surface area contributed by atoms with Crippen LogP contribution in [0.1, 0.15) is 65.7 Å². The van der Waals surface area contributed by atoms with Crippen LogP contribution in [0, 0.1) is 17.3 Å². The van der Waals surface area contributed by atoms with Gasteiger partial charge in [0.25, 0.3) is 0 Å². The van der Waals surface area contributed by atoms with Gasteiger partial charge in [0.15, 0.2) is 5.78 Å². The zero-order chi connectivity index (χ0) is 18.7. The third-order valence-electron chi connectivity index (χ3n) is 5.59. The highest BCUT2D eigenvalue weighted by molar-refractivity contribution is 8.18. The zero-order valence-electron chi connectivity index (χ0n) is 16.0. The standard InChI is InChI=1S/C19H33BO3S2/c1-18(2,3)17(21)16-14(11-12-20(22)23)13-19(24-4,25-16)15-9-7-5-6-8-10-15/h11-12,14-16,22-23H,5-10,13H2,1-4H3. The maximum Gasteiger partial charge on any atom is 0.480 e. The molecule has 0 aromatic rings. The van der Waals surface area contributed by atoms with Gasteiger partial charge in [-0.05, 0) is 37.4 Å². The molecule has 0 aromatic heterocycles. The summed E-state index contributed by atoms with van der Waals surface area (Å²) in [5, 5.41) is 18.4. The molecular formula is C19H33BO3S2. The fraction of sp³-hybridized carbons (Fsp3) is 0.842. The van der Waals surface area contributed by atoms with Gasteiger partial charge in [-0.15, -0.1) is 23.5 Å². The topological polar surface area (TPSA) is 57.5 Å². The highest BCUT2D eigenvalue weighted by Crippen LogP contribution is 2.60. The molecule has 3 nitrogen and oxygen atoms in total. The Morgan fingerprint density at radius 3 is 2.28 bits per heavy atom. The molecule has 3 atom stereocenters. The van der Waals surface area contributed by atoms with Gasteiger partial charge in [0.05, 0.1) is 9.33 Å². The predicted octanol–water partition coefficient (Wildman–Crippen LogP) is 4.32. The summed E-state index contributed by atoms with van der Waals surface area (Å²) < 4.78 is 0.0747. The largest absolute Gasteiger partial charge is 0.480 e. The van der Waals surface area contributed by atoms with Crippen LogP contribution in [-0.4, -0.2) is 38.5 Å². The van der Waals surface area contributed by atoms with Crippen LogP contribution in [0.2, 0.25) is 0 Å². The lowest BCUT2D eigenvalue weighted by atomic mass is 9.80. The van der Waals surface area contributed by atoms with Crippen molar-refractivity contribution in [2.24, 2.45) is 17.3 Å². The fourth-order valence-electron chi connectivity index (χ4n) is 4.15. The Morgan fingerprint density at radius 1 is 1.20 bits per heavy atom. The molecule has 0 bridgehead atoms. The van der Waals surface area contributed by atoms with Crippen molar-refractivity contribution < 1.29 is 14.8 Å². The maximum absolute atomic E-state index is 13.1. The number of hydrogen-bond donors (Lipinski definition) is 2. The molecule has 0 spiro atoms. The Morgan fingerprint density at radius 2 is 1.80 bits per heavy atom. The molecule has 1 saturated carbocycles. The van der Waals surface area contributed by atoms with E-state index >= 15 is 0 Å². The van der Waals surface area contributed by atoms with E-state index in [1.807, 2.05) is 50.4 Å². The molecule has 0 amide bonds. The molecule has 1 heterocycles. The first kappa shape index (κ1) is 21.4. The Bertz CT molecular complexity index is 482. The molecule has 1 aliphatic carbocycles. The van der Waals surface area contributed by atoms with Crippen molar-refractivity contribution in [2.75, 3.05) is 6.26 Å². The summed E-state index contributed by atoms with van der Waals surface area (Å²) in [6.07, 6.45) is 12.8. The quantitative estimate of drug-likeness (QED) is 0.546. The summed E-state index contributed by atoms with van der Waals surface area (Å²) in [7, 11) is -1.45. The van der Waals surface area contributed by atoms with E-state index in [0.29, 0.717) is 5.92 Å². The molecule has 1 aliphatic heterocycles. The van der Waals surface area contributed by atoms with Gasteiger partial charge in [-0.2, -0.15) is 0 Å². The van der Waals surface area contributed by atoms with Crippen LogP contribution in [0.3, 0.4) is 0 Å². The minimum absolute atomic E-state index is 0.0747. The molecule has 142 valence electrons. The summed E-state index contributed by atoms with van der Waals surface area (Å²) in [6.45, 7) is 5.97. The maximum atomic E-state index is 13.1. The van der Waals surface area contributed by atoms with Crippen LogP contribution in [0.5, 0.6) is 0 Å². The molecule has 0 aromatic carbocycles. The highest BCUT2D eigenvalue weighted by atomic mass is 32.2. The summed E-state index contributed by atoms with van der Waals surface area (Å²) in [5.74, 6) is 2.43. The minimum atomic E-state index is -1.45. The van der Waals surface area contributed by atoms with Gasteiger partial charge in [0.1, 0.15) is 0 Å². The molecule has 3 unspecified atom stereocenters. The molecule has 2 rings (SSSR count). The number of thioether (sulfide) groups is 2. The Kier molecular flexibility index (Phi) is 7.58. The van der Waals surface area contributed by atoms with Crippen molar-refractivity contribution in [3.05, 3.63) is 12.1 Å². The van der Waals surface area contributed by atoms with Crippen LogP contribution < -0.4 is 0 Å². The van der Waals surface area contributed by atoms with Crippen LogP contribution in [0.25, 0.3) is 0 Å². The van der Waals surface area contributed by atoms with Crippen molar-refractivity contribution in [1.29, 1.82) is 0 Å². The number of allylic oxidation sites excluding steroid dienone is 1. The molecule has 2 aliphatic rings. The molecule has 25 heavy (non-hydrogen) atoms. The molecule has 2 N–H and O–H groups in total. The summed E-state index contributed by atoms with van der Waals surface area (Å²) in [5.41, 5.74) is -0.375. The average molecular weight is 384 g/mol. The monoisotopic (exact) mass is 384 g/mol. The first-order valence-corrected chi connectivity index (χ1v) is 11.6. The van der Waals surface area contributed by atoms with Gasteiger partial charge in [-0.3, -0.25) is 4.79 Å². The van der Waals surface area contributed by atoms with Gasteiger partial charge in [-0.1, -0.05) is 58.5 Å². The Balaban J connectivity index is 2.29. The molecular weight excluding hydrogens is 351 g/mol. The second-order valence-electron chi connectivity index (χ2n) is 8.52. The van der Waals surface area contributed by atoms with Crippen molar-refractivity contribution in [2.45, 2.75) is 75.0 Å². The average Bonchev–Trinajstić information content (AvgIpc) is 2.71. The smallest absolute Gasteiger partial charge is 0.424 e. The van der Waals surface area contributed by atoms with Crippen molar-refractivity contribution in [1.82, 2.24) is 0 Å². The van der Waals surface area contributed by atoms with Crippen molar-refractivity contribution in [3.8, 4) is 0 Å². The van der Waals surface area contributed by atoms with E-state index < -0.39 is 7.12 Å². The normalized spacial score (nSPS) is 32.1. The fourth-order valence-corrected chi connectivity index (χ4v) is 7.75. The minimum Gasteiger partial charge on any atom is -0.424 e. The van der Waals surface area contributed by atoms with E-state index in [-0.39, 0.29) is 26.4 Å². The van der Waals surface area contributed by atoms with Crippen LogP contribution in [0.4, 0.5) is 0 Å². The van der Waals surface area contributed by atoms with E-state index in [0.717, 1.165) is 6.42 Å². The molecule has 2 fully saturated rings. The van der Waals surface area contributed by atoms with E-state index in [2.05, 4.69) is 6.26 Å².